The first-order valence-corrected chi connectivity index (χ1v) is 3.62. The molecule has 1 heterocycles. The Morgan fingerprint density at radius 3 is 2.69 bits per heavy atom. The molecule has 1 aliphatic heterocycles. The minimum atomic E-state index is 0.550. The predicted molar refractivity (Wildman–Crippen MR) is 46.8 cm³/mol. The molecular weight excluding hydrogens is 170 g/mol. The van der Waals surface area contributed by atoms with E-state index in [1.165, 1.54) is 0 Å². The molecule has 3 N–H and O–H groups in total. The lowest BCUT2D eigenvalue weighted by molar-refractivity contribution is -0.109. The van der Waals surface area contributed by atoms with Crippen molar-refractivity contribution in [2.24, 2.45) is 0 Å². The van der Waals surface area contributed by atoms with Crippen LogP contribution in [0.3, 0.4) is 0 Å². The lowest BCUT2D eigenvalue weighted by Crippen LogP contribution is -2.22. The fourth-order valence-electron chi connectivity index (χ4n) is 0.811. The number of carbonyl (C=O) groups excluding carboxylic acids is 2. The molecule has 68 valence electrons. The average Bonchev–Trinajstić information content (AvgIpc) is 2.33. The van der Waals surface area contributed by atoms with Gasteiger partial charge in [-0.3, -0.25) is 9.59 Å². The number of rotatable bonds is 4. The second-order valence-electron chi connectivity index (χ2n) is 2.21. The third-order valence-electron chi connectivity index (χ3n) is 1.36. The van der Waals surface area contributed by atoms with Gasteiger partial charge in [-0.05, 0) is 12.2 Å². The largest absolute Gasteiger partial charge is 0.346 e. The Bertz CT molecular complexity index is 292. The first-order valence-electron chi connectivity index (χ1n) is 3.62. The third-order valence-corrected chi connectivity index (χ3v) is 1.36. The van der Waals surface area contributed by atoms with Crippen molar-refractivity contribution < 1.29 is 9.59 Å². The molecule has 1 aliphatic rings. The summed E-state index contributed by atoms with van der Waals surface area (Å²) >= 11 is 0. The van der Waals surface area contributed by atoms with E-state index in [4.69, 9.17) is 0 Å². The van der Waals surface area contributed by atoms with Crippen LogP contribution in [-0.2, 0) is 9.59 Å². The van der Waals surface area contributed by atoms with Gasteiger partial charge < -0.3 is 16.0 Å². The van der Waals surface area contributed by atoms with E-state index in [2.05, 4.69) is 16.0 Å². The van der Waals surface area contributed by atoms with Crippen molar-refractivity contribution in [1.29, 1.82) is 0 Å². The molecule has 5 heteroatoms. The number of hydrogen-bond donors (Lipinski definition) is 3. The number of allylic oxidation sites excluding steroid dienone is 3. The summed E-state index contributed by atoms with van der Waals surface area (Å²) in [6, 6.07) is 0. The summed E-state index contributed by atoms with van der Waals surface area (Å²) in [7, 11) is 0. The topological polar surface area (TPSA) is 70.2 Å². The van der Waals surface area contributed by atoms with Crippen LogP contribution in [0.1, 0.15) is 0 Å². The van der Waals surface area contributed by atoms with Crippen LogP contribution in [0.25, 0.3) is 0 Å². The predicted octanol–water partition coefficient (Wildman–Crippen LogP) is -0.679. The van der Waals surface area contributed by atoms with Gasteiger partial charge in [0.2, 0.25) is 12.8 Å². The van der Waals surface area contributed by atoms with Crippen molar-refractivity contribution in [3.8, 4) is 0 Å². The second-order valence-corrected chi connectivity index (χ2v) is 2.21. The molecule has 0 unspecified atom stereocenters. The van der Waals surface area contributed by atoms with Crippen molar-refractivity contribution in [3.05, 3.63) is 35.9 Å². The molecule has 0 fully saturated rings. The number of carbonyl (C=O) groups is 2. The summed E-state index contributed by atoms with van der Waals surface area (Å²) in [6.45, 7) is 0. The quantitative estimate of drug-likeness (QED) is 0.501. The summed E-state index contributed by atoms with van der Waals surface area (Å²) in [4.78, 5) is 20.2. The number of nitrogens with one attached hydrogen (secondary N) is 3. The zero-order chi connectivity index (χ0) is 9.52. The second kappa shape index (κ2) is 4.76. The molecule has 1 rings (SSSR count). The smallest absolute Gasteiger partial charge is 0.212 e. The Balaban J connectivity index is 2.62. The van der Waals surface area contributed by atoms with E-state index in [-0.39, 0.29) is 0 Å². The van der Waals surface area contributed by atoms with Crippen molar-refractivity contribution in [2.75, 3.05) is 0 Å². The fraction of sp³-hybridized carbons (Fsp3) is 0. The Morgan fingerprint density at radius 1 is 1.23 bits per heavy atom. The first kappa shape index (κ1) is 9.05. The molecule has 0 saturated carbocycles. The SMILES string of the molecule is O=CNC1=CNC(NC=O)=CC=C1. The minimum Gasteiger partial charge on any atom is -0.346 e. The van der Waals surface area contributed by atoms with E-state index in [9.17, 15) is 9.59 Å². The highest BCUT2D eigenvalue weighted by Gasteiger charge is 1.96. The zero-order valence-corrected chi connectivity index (χ0v) is 6.78. The highest BCUT2D eigenvalue weighted by atomic mass is 16.1. The Hall–Kier alpha value is -2.04. The number of amides is 2. The van der Waals surface area contributed by atoms with Gasteiger partial charge in [-0.2, -0.15) is 0 Å². The first-order chi connectivity index (χ1) is 6.36. The van der Waals surface area contributed by atoms with Crippen LogP contribution in [0, 0.1) is 0 Å². The standard InChI is InChI=1S/C8H9N3O2/c12-5-10-7-2-1-3-8(9-4-7)11-6-13/h1-6,9H,(H,10,12)(H,11,13). The van der Waals surface area contributed by atoms with E-state index in [0.29, 0.717) is 24.3 Å². The summed E-state index contributed by atoms with van der Waals surface area (Å²) in [6.07, 6.45) is 7.79. The fourth-order valence-corrected chi connectivity index (χ4v) is 0.811. The maximum absolute atomic E-state index is 10.1. The molecule has 0 spiro atoms. The monoisotopic (exact) mass is 179 g/mol. The molecule has 0 saturated heterocycles. The molecule has 0 aromatic rings. The molecule has 0 atom stereocenters. The minimum absolute atomic E-state index is 0.550. The zero-order valence-electron chi connectivity index (χ0n) is 6.78. The Labute approximate surface area is 75.2 Å². The van der Waals surface area contributed by atoms with E-state index >= 15 is 0 Å². The van der Waals surface area contributed by atoms with Crippen molar-refractivity contribution in [1.82, 2.24) is 16.0 Å². The lowest BCUT2D eigenvalue weighted by Gasteiger charge is -2.03. The van der Waals surface area contributed by atoms with E-state index < -0.39 is 0 Å². The molecule has 0 radical (unpaired) electrons. The van der Waals surface area contributed by atoms with Crippen molar-refractivity contribution in [2.45, 2.75) is 0 Å². The van der Waals surface area contributed by atoms with Crippen LogP contribution in [0.2, 0.25) is 0 Å². The highest BCUT2D eigenvalue weighted by molar-refractivity contribution is 5.53. The molecule has 0 aromatic heterocycles. The summed E-state index contributed by atoms with van der Waals surface area (Å²) in [5.41, 5.74) is 0.619. The van der Waals surface area contributed by atoms with Crippen LogP contribution in [0.5, 0.6) is 0 Å². The maximum atomic E-state index is 10.1. The van der Waals surface area contributed by atoms with Gasteiger partial charge >= 0.3 is 0 Å². The van der Waals surface area contributed by atoms with Gasteiger partial charge in [0.15, 0.2) is 0 Å². The lowest BCUT2D eigenvalue weighted by atomic mass is 10.4. The van der Waals surface area contributed by atoms with Crippen LogP contribution in [-0.4, -0.2) is 12.8 Å². The summed E-state index contributed by atoms with van der Waals surface area (Å²) < 4.78 is 0. The molecule has 5 nitrogen and oxygen atoms in total. The Kier molecular flexibility index (Phi) is 3.31. The van der Waals surface area contributed by atoms with E-state index in [0.717, 1.165) is 0 Å². The highest BCUT2D eigenvalue weighted by Crippen LogP contribution is 1.96. The van der Waals surface area contributed by atoms with Crippen LogP contribution in [0.4, 0.5) is 0 Å². The molecule has 0 aliphatic carbocycles. The number of hydrogen-bond acceptors (Lipinski definition) is 3. The van der Waals surface area contributed by atoms with Gasteiger partial charge in [0.05, 0.1) is 5.70 Å². The third kappa shape index (κ3) is 2.82. The molecular formula is C8H9N3O2. The van der Waals surface area contributed by atoms with Gasteiger partial charge in [-0.15, -0.1) is 0 Å². The van der Waals surface area contributed by atoms with Crippen LogP contribution < -0.4 is 16.0 Å². The molecule has 2 amide bonds. The van der Waals surface area contributed by atoms with Crippen molar-refractivity contribution in [3.63, 3.8) is 0 Å². The van der Waals surface area contributed by atoms with Gasteiger partial charge in [-0.1, -0.05) is 6.08 Å². The molecule has 0 bridgehead atoms. The van der Waals surface area contributed by atoms with E-state index in [1.807, 2.05) is 0 Å². The average molecular weight is 179 g/mol. The van der Waals surface area contributed by atoms with Gasteiger partial charge in [0.1, 0.15) is 5.82 Å². The molecule has 13 heavy (non-hydrogen) atoms. The summed E-state index contributed by atoms with van der Waals surface area (Å²) in [5, 5.41) is 7.70. The normalized spacial score (nSPS) is 14.5. The van der Waals surface area contributed by atoms with Crippen LogP contribution >= 0.6 is 0 Å². The molecule has 0 aromatic carbocycles. The summed E-state index contributed by atoms with van der Waals surface area (Å²) in [5.74, 6) is 0.550. The van der Waals surface area contributed by atoms with Gasteiger partial charge in [0.25, 0.3) is 0 Å². The Morgan fingerprint density at radius 2 is 2.00 bits per heavy atom. The van der Waals surface area contributed by atoms with E-state index in [1.54, 1.807) is 24.4 Å². The maximum Gasteiger partial charge on any atom is 0.212 e. The van der Waals surface area contributed by atoms with Gasteiger partial charge in [-0.25, -0.2) is 0 Å². The van der Waals surface area contributed by atoms with Gasteiger partial charge in [0, 0.05) is 6.20 Å². The van der Waals surface area contributed by atoms with Crippen molar-refractivity contribution >= 4 is 12.8 Å². The van der Waals surface area contributed by atoms with Crippen LogP contribution in [0.15, 0.2) is 35.9 Å².